The third kappa shape index (κ3) is 2.83. The Bertz CT molecular complexity index is 878. The lowest BCUT2D eigenvalue weighted by Crippen LogP contribution is -1.95. The van der Waals surface area contributed by atoms with Gasteiger partial charge in [0.1, 0.15) is 12.7 Å². The Kier molecular flexibility index (Phi) is 3.55. The summed E-state index contributed by atoms with van der Waals surface area (Å²) in [7, 11) is 0. The van der Waals surface area contributed by atoms with Gasteiger partial charge in [0.05, 0.1) is 18.2 Å². The first-order valence-electron chi connectivity index (χ1n) is 7.08. The molecule has 4 nitrogen and oxygen atoms in total. The van der Waals surface area contributed by atoms with E-state index in [0.717, 1.165) is 32.4 Å². The number of benzene rings is 2. The SMILES string of the molecule is Brc1cccc(-c2cc(-c3ccoc3)cc(-n3cncn3)c2)c1. The molecule has 0 aliphatic carbocycles. The zero-order valence-corrected chi connectivity index (χ0v) is 13.6. The van der Waals surface area contributed by atoms with Gasteiger partial charge in [-0.15, -0.1) is 0 Å². The highest BCUT2D eigenvalue weighted by Gasteiger charge is 2.08. The topological polar surface area (TPSA) is 43.9 Å². The van der Waals surface area contributed by atoms with Crippen LogP contribution in [0.2, 0.25) is 0 Å². The molecule has 0 unspecified atom stereocenters. The second-order valence-electron chi connectivity index (χ2n) is 5.13. The normalized spacial score (nSPS) is 10.8. The lowest BCUT2D eigenvalue weighted by molar-refractivity contribution is 0.568. The van der Waals surface area contributed by atoms with E-state index in [2.05, 4.69) is 56.3 Å². The van der Waals surface area contributed by atoms with E-state index in [1.807, 2.05) is 18.2 Å². The molecule has 0 saturated heterocycles. The number of hydrogen-bond donors (Lipinski definition) is 0. The van der Waals surface area contributed by atoms with E-state index in [9.17, 15) is 0 Å². The first kappa shape index (κ1) is 14.0. The zero-order valence-electron chi connectivity index (χ0n) is 12.1. The van der Waals surface area contributed by atoms with Crippen LogP contribution in [0.4, 0.5) is 0 Å². The molecule has 5 heteroatoms. The molecule has 23 heavy (non-hydrogen) atoms. The molecule has 0 aliphatic heterocycles. The van der Waals surface area contributed by atoms with E-state index < -0.39 is 0 Å². The summed E-state index contributed by atoms with van der Waals surface area (Å²) in [4.78, 5) is 4.03. The largest absolute Gasteiger partial charge is 0.472 e. The predicted octanol–water partition coefficient (Wildman–Crippen LogP) is 4.96. The van der Waals surface area contributed by atoms with Crippen LogP contribution < -0.4 is 0 Å². The molecule has 0 aliphatic rings. The van der Waals surface area contributed by atoms with Crippen molar-refractivity contribution in [2.45, 2.75) is 0 Å². The minimum absolute atomic E-state index is 0.955. The van der Waals surface area contributed by atoms with Crippen molar-refractivity contribution in [2.24, 2.45) is 0 Å². The van der Waals surface area contributed by atoms with Gasteiger partial charge < -0.3 is 4.42 Å². The average Bonchev–Trinajstić information content (AvgIpc) is 3.28. The quantitative estimate of drug-likeness (QED) is 0.515. The maximum Gasteiger partial charge on any atom is 0.138 e. The number of furan rings is 1. The van der Waals surface area contributed by atoms with Crippen LogP contribution in [-0.4, -0.2) is 14.8 Å². The molecule has 0 radical (unpaired) electrons. The maximum absolute atomic E-state index is 5.22. The Morgan fingerprint density at radius 1 is 0.913 bits per heavy atom. The van der Waals surface area contributed by atoms with Gasteiger partial charge in [-0.05, 0) is 53.1 Å². The maximum atomic E-state index is 5.22. The number of nitrogens with zero attached hydrogens (tertiary/aromatic N) is 3. The highest BCUT2D eigenvalue weighted by atomic mass is 79.9. The molecule has 112 valence electrons. The average molecular weight is 366 g/mol. The van der Waals surface area contributed by atoms with Crippen molar-refractivity contribution in [1.29, 1.82) is 0 Å². The van der Waals surface area contributed by atoms with E-state index in [-0.39, 0.29) is 0 Å². The van der Waals surface area contributed by atoms with Gasteiger partial charge in [-0.1, -0.05) is 28.1 Å². The van der Waals surface area contributed by atoms with Gasteiger partial charge in [-0.3, -0.25) is 0 Å². The Labute approximate surface area is 141 Å². The smallest absolute Gasteiger partial charge is 0.138 e. The van der Waals surface area contributed by atoms with Gasteiger partial charge in [0.25, 0.3) is 0 Å². The van der Waals surface area contributed by atoms with Crippen LogP contribution in [0.25, 0.3) is 27.9 Å². The fourth-order valence-electron chi connectivity index (χ4n) is 2.52. The summed E-state index contributed by atoms with van der Waals surface area (Å²) in [5.74, 6) is 0. The summed E-state index contributed by atoms with van der Waals surface area (Å²) < 4.78 is 8.02. The molecule has 0 atom stereocenters. The van der Waals surface area contributed by atoms with E-state index in [1.165, 1.54) is 6.33 Å². The summed E-state index contributed by atoms with van der Waals surface area (Å²) >= 11 is 3.53. The van der Waals surface area contributed by atoms with Crippen LogP contribution in [0.5, 0.6) is 0 Å². The fraction of sp³-hybridized carbons (Fsp3) is 0. The molecular formula is C18H12BrN3O. The van der Waals surface area contributed by atoms with Crippen LogP contribution in [0, 0.1) is 0 Å². The van der Waals surface area contributed by atoms with E-state index in [1.54, 1.807) is 23.5 Å². The molecule has 0 bridgehead atoms. The Balaban J connectivity index is 1.92. The van der Waals surface area contributed by atoms with Crippen LogP contribution >= 0.6 is 15.9 Å². The Morgan fingerprint density at radius 2 is 1.78 bits per heavy atom. The van der Waals surface area contributed by atoms with Gasteiger partial charge in [-0.25, -0.2) is 9.67 Å². The Hall–Kier alpha value is -2.66. The van der Waals surface area contributed by atoms with E-state index >= 15 is 0 Å². The van der Waals surface area contributed by atoms with Gasteiger partial charge in [-0.2, -0.15) is 5.10 Å². The molecule has 2 aromatic carbocycles. The molecule has 0 N–H and O–H groups in total. The summed E-state index contributed by atoms with van der Waals surface area (Å²) in [6, 6.07) is 16.5. The van der Waals surface area contributed by atoms with Gasteiger partial charge >= 0.3 is 0 Å². The first-order chi connectivity index (χ1) is 11.3. The minimum Gasteiger partial charge on any atom is -0.472 e. The third-order valence-electron chi connectivity index (χ3n) is 3.61. The van der Waals surface area contributed by atoms with Crippen LogP contribution in [0.1, 0.15) is 0 Å². The van der Waals surface area contributed by atoms with Crippen molar-refractivity contribution in [3.05, 3.63) is 78.2 Å². The first-order valence-corrected chi connectivity index (χ1v) is 7.87. The molecule has 4 aromatic rings. The molecule has 4 rings (SSSR count). The summed E-state index contributed by atoms with van der Waals surface area (Å²) in [6.45, 7) is 0. The number of halogens is 1. The molecule has 0 amide bonds. The lowest BCUT2D eigenvalue weighted by Gasteiger charge is -2.09. The molecular weight excluding hydrogens is 354 g/mol. The van der Waals surface area contributed by atoms with Crippen LogP contribution in [-0.2, 0) is 0 Å². The molecule has 2 aromatic heterocycles. The lowest BCUT2D eigenvalue weighted by atomic mass is 9.99. The van der Waals surface area contributed by atoms with E-state index in [4.69, 9.17) is 4.42 Å². The fourth-order valence-corrected chi connectivity index (χ4v) is 2.91. The molecule has 0 spiro atoms. The summed E-state index contributed by atoms with van der Waals surface area (Å²) in [5.41, 5.74) is 5.29. The van der Waals surface area contributed by atoms with E-state index in [0.29, 0.717) is 0 Å². The van der Waals surface area contributed by atoms with Crippen molar-refractivity contribution in [1.82, 2.24) is 14.8 Å². The predicted molar refractivity (Wildman–Crippen MR) is 92.2 cm³/mol. The standard InChI is InChI=1S/C18H12BrN3O/c19-17-3-1-2-13(7-17)15-6-16(14-4-5-23-10-14)9-18(8-15)22-12-20-11-21-22/h1-12H. The highest BCUT2D eigenvalue weighted by molar-refractivity contribution is 9.10. The van der Waals surface area contributed by atoms with Gasteiger partial charge in [0.15, 0.2) is 0 Å². The minimum atomic E-state index is 0.955. The van der Waals surface area contributed by atoms with Crippen LogP contribution in [0.3, 0.4) is 0 Å². The number of rotatable bonds is 3. The van der Waals surface area contributed by atoms with Crippen molar-refractivity contribution >= 4 is 15.9 Å². The van der Waals surface area contributed by atoms with Crippen molar-refractivity contribution < 1.29 is 4.42 Å². The third-order valence-corrected chi connectivity index (χ3v) is 4.11. The Morgan fingerprint density at radius 3 is 2.48 bits per heavy atom. The molecule has 0 saturated carbocycles. The second kappa shape index (κ2) is 5.85. The highest BCUT2D eigenvalue weighted by Crippen LogP contribution is 2.31. The van der Waals surface area contributed by atoms with Crippen molar-refractivity contribution in [3.63, 3.8) is 0 Å². The molecule has 2 heterocycles. The second-order valence-corrected chi connectivity index (χ2v) is 6.05. The van der Waals surface area contributed by atoms with Gasteiger partial charge in [0.2, 0.25) is 0 Å². The van der Waals surface area contributed by atoms with Crippen molar-refractivity contribution in [2.75, 3.05) is 0 Å². The summed E-state index contributed by atoms with van der Waals surface area (Å²) in [5, 5.41) is 4.23. The molecule has 0 fully saturated rings. The monoisotopic (exact) mass is 365 g/mol. The van der Waals surface area contributed by atoms with Crippen LogP contribution in [0.15, 0.2) is 82.6 Å². The van der Waals surface area contributed by atoms with Crippen molar-refractivity contribution in [3.8, 4) is 27.9 Å². The number of aromatic nitrogens is 3. The zero-order chi connectivity index (χ0) is 15.6. The van der Waals surface area contributed by atoms with Gasteiger partial charge in [0, 0.05) is 10.0 Å². The summed E-state index contributed by atoms with van der Waals surface area (Å²) in [6.07, 6.45) is 6.64. The number of hydrogen-bond acceptors (Lipinski definition) is 3.